The quantitative estimate of drug-likeness (QED) is 0.799. The molecule has 4 heteroatoms. The van der Waals surface area contributed by atoms with Gasteiger partial charge in [0.05, 0.1) is 6.20 Å². The smallest absolute Gasteiger partial charge is 0.153 e. The van der Waals surface area contributed by atoms with Crippen LogP contribution in [0.2, 0.25) is 0 Å². The van der Waals surface area contributed by atoms with Crippen molar-refractivity contribution in [3.8, 4) is 5.82 Å². The molecule has 4 nitrogen and oxygen atoms in total. The molecule has 2 rings (SSSR count). The molecule has 0 aliphatic carbocycles. The lowest BCUT2D eigenvalue weighted by Crippen LogP contribution is -2.03. The van der Waals surface area contributed by atoms with Gasteiger partial charge in [-0.15, -0.1) is 0 Å². The van der Waals surface area contributed by atoms with Crippen LogP contribution in [0.4, 0.5) is 0 Å². The Bertz CT molecular complexity index is 473. The van der Waals surface area contributed by atoms with Crippen LogP contribution in [0.3, 0.4) is 0 Å². The zero-order chi connectivity index (χ0) is 10.8. The summed E-state index contributed by atoms with van der Waals surface area (Å²) in [6.07, 6.45) is 3.76. The van der Waals surface area contributed by atoms with Gasteiger partial charge in [0.1, 0.15) is 0 Å². The minimum Gasteiger partial charge on any atom is -0.326 e. The topological polar surface area (TPSA) is 56.7 Å². The molecule has 2 N–H and O–H groups in total. The van der Waals surface area contributed by atoms with Crippen molar-refractivity contribution in [2.75, 3.05) is 0 Å². The first-order valence-corrected chi connectivity index (χ1v) is 4.88. The highest BCUT2D eigenvalue weighted by molar-refractivity contribution is 5.30. The molecule has 0 atom stereocenters. The van der Waals surface area contributed by atoms with E-state index in [0.29, 0.717) is 6.54 Å². The van der Waals surface area contributed by atoms with E-state index in [2.05, 4.69) is 10.1 Å². The Balaban J connectivity index is 2.48. The van der Waals surface area contributed by atoms with Gasteiger partial charge in [0.25, 0.3) is 0 Å². The van der Waals surface area contributed by atoms with Crippen molar-refractivity contribution in [3.63, 3.8) is 0 Å². The normalized spacial score (nSPS) is 10.6. The highest BCUT2D eigenvalue weighted by Gasteiger charge is 2.02. The molecule has 15 heavy (non-hydrogen) atoms. The standard InChI is InChI=1S/C11H14N4/c1-8-6-13-15(7-8)11-4-10(5-12)3-9(2)14-11/h3-4,6-7H,5,12H2,1-2H3. The van der Waals surface area contributed by atoms with Crippen LogP contribution in [-0.4, -0.2) is 14.8 Å². The summed E-state index contributed by atoms with van der Waals surface area (Å²) in [5.74, 6) is 0.823. The molecule has 0 aliphatic rings. The average molecular weight is 202 g/mol. The number of hydrogen-bond donors (Lipinski definition) is 1. The highest BCUT2D eigenvalue weighted by atomic mass is 15.3. The molecule has 0 aromatic carbocycles. The second-order valence-corrected chi connectivity index (χ2v) is 3.64. The summed E-state index contributed by atoms with van der Waals surface area (Å²) in [7, 11) is 0. The first kappa shape index (κ1) is 9.86. The average Bonchev–Trinajstić information content (AvgIpc) is 2.64. The summed E-state index contributed by atoms with van der Waals surface area (Å²) in [6.45, 7) is 4.48. The van der Waals surface area contributed by atoms with Crippen molar-refractivity contribution in [2.24, 2.45) is 5.73 Å². The maximum Gasteiger partial charge on any atom is 0.153 e. The van der Waals surface area contributed by atoms with Crippen LogP contribution >= 0.6 is 0 Å². The van der Waals surface area contributed by atoms with Gasteiger partial charge in [-0.05, 0) is 37.1 Å². The van der Waals surface area contributed by atoms with Crippen LogP contribution in [0, 0.1) is 13.8 Å². The molecular formula is C11H14N4. The van der Waals surface area contributed by atoms with Crippen LogP contribution in [0.15, 0.2) is 24.5 Å². The maximum absolute atomic E-state index is 5.61. The van der Waals surface area contributed by atoms with Crippen LogP contribution < -0.4 is 5.73 Å². The van der Waals surface area contributed by atoms with E-state index in [4.69, 9.17) is 5.73 Å². The second-order valence-electron chi connectivity index (χ2n) is 3.64. The number of pyridine rings is 1. The molecule has 0 aliphatic heterocycles. The van der Waals surface area contributed by atoms with E-state index in [9.17, 15) is 0 Å². The lowest BCUT2D eigenvalue weighted by molar-refractivity contribution is 0.834. The SMILES string of the molecule is Cc1cnn(-c2cc(CN)cc(C)n2)c1. The van der Waals surface area contributed by atoms with Crippen LogP contribution in [0.25, 0.3) is 5.82 Å². The molecule has 0 saturated carbocycles. The number of aromatic nitrogens is 3. The number of rotatable bonds is 2. The van der Waals surface area contributed by atoms with E-state index in [1.54, 1.807) is 4.68 Å². The first-order chi connectivity index (χ1) is 7.19. The van der Waals surface area contributed by atoms with Crippen LogP contribution in [0.5, 0.6) is 0 Å². The number of aryl methyl sites for hydroxylation is 2. The van der Waals surface area contributed by atoms with Gasteiger partial charge in [0, 0.05) is 18.4 Å². The third-order valence-electron chi connectivity index (χ3n) is 2.18. The Hall–Kier alpha value is -1.68. The highest BCUT2D eigenvalue weighted by Crippen LogP contribution is 2.09. The summed E-state index contributed by atoms with van der Waals surface area (Å²) in [4.78, 5) is 4.41. The number of nitrogens with two attached hydrogens (primary N) is 1. The van der Waals surface area contributed by atoms with Crippen molar-refractivity contribution >= 4 is 0 Å². The minimum atomic E-state index is 0.524. The Morgan fingerprint density at radius 2 is 2.13 bits per heavy atom. The van der Waals surface area contributed by atoms with Crippen molar-refractivity contribution in [1.29, 1.82) is 0 Å². The summed E-state index contributed by atoms with van der Waals surface area (Å²) < 4.78 is 1.77. The fraction of sp³-hybridized carbons (Fsp3) is 0.273. The van der Waals surface area contributed by atoms with Crippen molar-refractivity contribution in [2.45, 2.75) is 20.4 Å². The van der Waals surface area contributed by atoms with E-state index in [0.717, 1.165) is 22.6 Å². The Labute approximate surface area is 88.8 Å². The minimum absolute atomic E-state index is 0.524. The summed E-state index contributed by atoms with van der Waals surface area (Å²) >= 11 is 0. The van der Waals surface area contributed by atoms with E-state index in [-0.39, 0.29) is 0 Å². The molecule has 0 bridgehead atoms. The van der Waals surface area contributed by atoms with Gasteiger partial charge in [-0.1, -0.05) is 0 Å². The molecular weight excluding hydrogens is 188 g/mol. The van der Waals surface area contributed by atoms with Gasteiger partial charge in [-0.25, -0.2) is 9.67 Å². The summed E-state index contributed by atoms with van der Waals surface area (Å²) in [5.41, 5.74) is 8.77. The van der Waals surface area contributed by atoms with Gasteiger partial charge in [0.2, 0.25) is 0 Å². The molecule has 0 fully saturated rings. The molecule has 2 aromatic heterocycles. The van der Waals surface area contributed by atoms with Crippen molar-refractivity contribution < 1.29 is 0 Å². The van der Waals surface area contributed by atoms with Gasteiger partial charge >= 0.3 is 0 Å². The molecule has 2 heterocycles. The van der Waals surface area contributed by atoms with E-state index in [1.165, 1.54) is 0 Å². The Kier molecular flexibility index (Phi) is 2.51. The van der Waals surface area contributed by atoms with Crippen molar-refractivity contribution in [1.82, 2.24) is 14.8 Å². The molecule has 0 spiro atoms. The fourth-order valence-electron chi connectivity index (χ4n) is 1.49. The van der Waals surface area contributed by atoms with Gasteiger partial charge < -0.3 is 5.73 Å². The van der Waals surface area contributed by atoms with Crippen LogP contribution in [-0.2, 0) is 6.54 Å². The van der Waals surface area contributed by atoms with Gasteiger partial charge in [-0.2, -0.15) is 5.10 Å². The first-order valence-electron chi connectivity index (χ1n) is 4.88. The number of hydrogen-bond acceptors (Lipinski definition) is 3. The molecule has 2 aromatic rings. The molecule has 0 radical (unpaired) electrons. The molecule has 78 valence electrons. The van der Waals surface area contributed by atoms with E-state index >= 15 is 0 Å². The van der Waals surface area contributed by atoms with Gasteiger partial charge in [0.15, 0.2) is 5.82 Å². The maximum atomic E-state index is 5.61. The third kappa shape index (κ3) is 2.05. The predicted octanol–water partition coefficient (Wildman–Crippen LogP) is 1.34. The molecule has 0 saturated heterocycles. The summed E-state index contributed by atoms with van der Waals surface area (Å²) in [6, 6.07) is 3.94. The lowest BCUT2D eigenvalue weighted by atomic mass is 10.2. The third-order valence-corrected chi connectivity index (χ3v) is 2.18. The number of nitrogens with zero attached hydrogens (tertiary/aromatic N) is 3. The molecule has 0 unspecified atom stereocenters. The monoisotopic (exact) mass is 202 g/mol. The predicted molar refractivity (Wildman–Crippen MR) is 58.7 cm³/mol. The molecule has 0 amide bonds. The van der Waals surface area contributed by atoms with Crippen LogP contribution in [0.1, 0.15) is 16.8 Å². The van der Waals surface area contributed by atoms with E-state index < -0.39 is 0 Å². The zero-order valence-corrected chi connectivity index (χ0v) is 8.94. The lowest BCUT2D eigenvalue weighted by Gasteiger charge is -2.04. The Morgan fingerprint density at radius 3 is 2.73 bits per heavy atom. The van der Waals surface area contributed by atoms with E-state index in [1.807, 2.05) is 38.4 Å². The Morgan fingerprint density at radius 1 is 1.33 bits per heavy atom. The second kappa shape index (κ2) is 3.82. The summed E-state index contributed by atoms with van der Waals surface area (Å²) in [5, 5.41) is 4.22. The fourth-order valence-corrected chi connectivity index (χ4v) is 1.49. The van der Waals surface area contributed by atoms with Gasteiger partial charge in [-0.3, -0.25) is 0 Å². The van der Waals surface area contributed by atoms with Crippen molar-refractivity contribution in [3.05, 3.63) is 41.3 Å². The largest absolute Gasteiger partial charge is 0.326 e. The zero-order valence-electron chi connectivity index (χ0n) is 8.94.